The van der Waals surface area contributed by atoms with E-state index in [2.05, 4.69) is 4.98 Å². The minimum absolute atomic E-state index is 0.436. The molecule has 4 nitrogen and oxygen atoms in total. The molecule has 1 aromatic heterocycles. The molecular weight excluding hydrogens is 362 g/mol. The molecule has 0 aliphatic heterocycles. The first-order valence-corrected chi connectivity index (χ1v) is 8.82. The van der Waals surface area contributed by atoms with Crippen LogP contribution in [0, 0.1) is 0 Å². The molecule has 4 aromatic rings. The van der Waals surface area contributed by atoms with Crippen molar-refractivity contribution in [2.75, 3.05) is 0 Å². The minimum Gasteiger partial charge on any atom is -0.485 e. The summed E-state index contributed by atoms with van der Waals surface area (Å²) in [5.41, 5.74) is 2.27. The average molecular weight is 378 g/mol. The van der Waals surface area contributed by atoms with Crippen molar-refractivity contribution in [2.45, 2.75) is 6.61 Å². The fourth-order valence-electron chi connectivity index (χ4n) is 2.85. The van der Waals surface area contributed by atoms with Crippen LogP contribution in [-0.2, 0) is 6.61 Å². The first kappa shape index (κ1) is 17.2. The largest absolute Gasteiger partial charge is 0.485 e. The maximum absolute atomic E-state index is 11.1. The Labute approximate surface area is 161 Å². The predicted molar refractivity (Wildman–Crippen MR) is 106 cm³/mol. The third-order valence-electron chi connectivity index (χ3n) is 4.12. The molecule has 0 saturated carbocycles. The molecule has 0 radical (unpaired) electrons. The molecule has 0 fully saturated rings. The predicted octanol–water partition coefficient (Wildman–Crippen LogP) is 6.01. The van der Waals surface area contributed by atoms with Crippen LogP contribution in [-0.4, -0.2) is 11.3 Å². The second kappa shape index (κ2) is 7.56. The molecule has 0 spiro atoms. The number of ether oxygens (including phenoxy) is 2. The van der Waals surface area contributed by atoms with Crippen molar-refractivity contribution in [1.82, 2.24) is 4.98 Å². The number of hydrogen-bond acceptors (Lipinski definition) is 3. The highest BCUT2D eigenvalue weighted by Gasteiger charge is 2.12. The van der Waals surface area contributed by atoms with Crippen LogP contribution in [0.25, 0.3) is 10.9 Å². The number of fused-ring (bicyclic) bond motifs is 1. The number of benzene rings is 3. The Kier molecular flexibility index (Phi) is 4.81. The maximum atomic E-state index is 11.1. The van der Waals surface area contributed by atoms with E-state index in [1.807, 2.05) is 54.6 Å². The molecule has 0 aliphatic carbocycles. The molecule has 134 valence electrons. The van der Waals surface area contributed by atoms with Crippen LogP contribution in [0.2, 0.25) is 5.02 Å². The van der Waals surface area contributed by atoms with Gasteiger partial charge in [-0.1, -0.05) is 54.1 Å². The number of halogens is 1. The van der Waals surface area contributed by atoms with Crippen molar-refractivity contribution in [2.24, 2.45) is 0 Å². The van der Waals surface area contributed by atoms with Gasteiger partial charge in [0.15, 0.2) is 17.8 Å². The van der Waals surface area contributed by atoms with Gasteiger partial charge in [0, 0.05) is 16.5 Å². The molecule has 1 heterocycles. The fraction of sp³-hybridized carbons (Fsp3) is 0.0455. The van der Waals surface area contributed by atoms with Gasteiger partial charge < -0.3 is 14.5 Å². The highest BCUT2D eigenvalue weighted by Crippen LogP contribution is 2.37. The lowest BCUT2D eigenvalue weighted by molar-refractivity contribution is 0.112. The van der Waals surface area contributed by atoms with Crippen molar-refractivity contribution in [1.29, 1.82) is 0 Å². The lowest BCUT2D eigenvalue weighted by atomic mass is 10.2. The summed E-state index contributed by atoms with van der Waals surface area (Å²) in [6, 6.07) is 22.6. The summed E-state index contributed by atoms with van der Waals surface area (Å²) in [5.74, 6) is 1.75. The average Bonchev–Trinajstić information content (AvgIpc) is 3.11. The van der Waals surface area contributed by atoms with Crippen molar-refractivity contribution in [3.05, 3.63) is 89.1 Å². The van der Waals surface area contributed by atoms with E-state index < -0.39 is 0 Å². The Balaban J connectivity index is 1.64. The quantitative estimate of drug-likeness (QED) is 0.419. The van der Waals surface area contributed by atoms with Gasteiger partial charge in [0.1, 0.15) is 12.4 Å². The molecule has 0 atom stereocenters. The van der Waals surface area contributed by atoms with Gasteiger partial charge in [0.25, 0.3) is 0 Å². The molecule has 0 saturated heterocycles. The number of aromatic amines is 1. The van der Waals surface area contributed by atoms with E-state index >= 15 is 0 Å². The zero-order valence-corrected chi connectivity index (χ0v) is 15.1. The number of carbonyl (C=O) groups excluding carboxylic acids is 1. The van der Waals surface area contributed by atoms with Crippen LogP contribution in [0.4, 0.5) is 0 Å². The second-order valence-corrected chi connectivity index (χ2v) is 6.47. The standard InChI is InChI=1S/C22H16ClNO3/c23-16-10-19-18(12-17(13-25)24-19)22(11-16)27-21-9-5-4-8-20(21)26-14-15-6-2-1-3-7-15/h1-13,24H,14H2. The van der Waals surface area contributed by atoms with E-state index in [9.17, 15) is 4.79 Å². The summed E-state index contributed by atoms with van der Waals surface area (Å²) in [7, 11) is 0. The van der Waals surface area contributed by atoms with Gasteiger partial charge in [0.2, 0.25) is 0 Å². The Hall–Kier alpha value is -3.24. The lowest BCUT2D eigenvalue weighted by Crippen LogP contribution is -1.97. The Morgan fingerprint density at radius 1 is 0.889 bits per heavy atom. The number of aldehydes is 1. The smallest absolute Gasteiger partial charge is 0.169 e. The number of carbonyl (C=O) groups is 1. The Bertz CT molecular complexity index is 1090. The van der Waals surface area contributed by atoms with Crippen LogP contribution in [0.5, 0.6) is 17.2 Å². The number of rotatable bonds is 6. The monoisotopic (exact) mass is 377 g/mol. The summed E-state index contributed by atoms with van der Waals surface area (Å²) in [6.07, 6.45) is 0.759. The van der Waals surface area contributed by atoms with Gasteiger partial charge in [-0.25, -0.2) is 0 Å². The van der Waals surface area contributed by atoms with E-state index in [0.29, 0.717) is 34.6 Å². The van der Waals surface area contributed by atoms with Gasteiger partial charge in [0.05, 0.1) is 11.2 Å². The molecule has 27 heavy (non-hydrogen) atoms. The summed E-state index contributed by atoms with van der Waals surface area (Å²) >= 11 is 6.20. The summed E-state index contributed by atoms with van der Waals surface area (Å²) in [4.78, 5) is 14.1. The SMILES string of the molecule is O=Cc1cc2c(Oc3ccccc3OCc3ccccc3)cc(Cl)cc2[nH]1. The minimum atomic E-state index is 0.436. The zero-order chi connectivity index (χ0) is 18.6. The highest BCUT2D eigenvalue weighted by molar-refractivity contribution is 6.31. The summed E-state index contributed by atoms with van der Waals surface area (Å²) in [5, 5.41) is 1.29. The molecule has 1 N–H and O–H groups in total. The number of H-pyrrole nitrogens is 1. The third-order valence-corrected chi connectivity index (χ3v) is 4.34. The fourth-order valence-corrected chi connectivity index (χ4v) is 3.06. The lowest BCUT2D eigenvalue weighted by Gasteiger charge is -2.13. The molecular formula is C22H16ClNO3. The number of aromatic nitrogens is 1. The summed E-state index contributed by atoms with van der Waals surface area (Å²) in [6.45, 7) is 0.436. The van der Waals surface area contributed by atoms with E-state index in [0.717, 1.165) is 22.8 Å². The molecule has 0 bridgehead atoms. The molecule has 4 rings (SSSR count). The Morgan fingerprint density at radius 2 is 1.63 bits per heavy atom. The molecule has 3 aromatic carbocycles. The van der Waals surface area contributed by atoms with Crippen LogP contribution < -0.4 is 9.47 Å². The van der Waals surface area contributed by atoms with Crippen LogP contribution >= 0.6 is 11.6 Å². The summed E-state index contributed by atoms with van der Waals surface area (Å²) < 4.78 is 12.0. The third kappa shape index (κ3) is 3.81. The van der Waals surface area contributed by atoms with Gasteiger partial charge in [-0.15, -0.1) is 0 Å². The van der Waals surface area contributed by atoms with E-state index in [4.69, 9.17) is 21.1 Å². The maximum Gasteiger partial charge on any atom is 0.169 e. The number of hydrogen-bond donors (Lipinski definition) is 1. The van der Waals surface area contributed by atoms with Crippen molar-refractivity contribution in [3.63, 3.8) is 0 Å². The van der Waals surface area contributed by atoms with Crippen molar-refractivity contribution in [3.8, 4) is 17.2 Å². The first-order chi connectivity index (χ1) is 13.2. The first-order valence-electron chi connectivity index (χ1n) is 8.44. The van der Waals surface area contributed by atoms with Gasteiger partial charge >= 0.3 is 0 Å². The van der Waals surface area contributed by atoms with Gasteiger partial charge in [-0.2, -0.15) is 0 Å². The molecule has 0 unspecified atom stereocenters. The molecule has 0 aliphatic rings. The van der Waals surface area contributed by atoms with Gasteiger partial charge in [-0.05, 0) is 29.8 Å². The van der Waals surface area contributed by atoms with E-state index in [-0.39, 0.29) is 0 Å². The molecule has 5 heteroatoms. The molecule has 0 amide bonds. The van der Waals surface area contributed by atoms with E-state index in [1.54, 1.807) is 18.2 Å². The van der Waals surface area contributed by atoms with E-state index in [1.165, 1.54) is 0 Å². The topological polar surface area (TPSA) is 51.3 Å². The van der Waals surface area contributed by atoms with Crippen LogP contribution in [0.15, 0.2) is 72.8 Å². The number of nitrogens with one attached hydrogen (secondary N) is 1. The zero-order valence-electron chi connectivity index (χ0n) is 14.3. The van der Waals surface area contributed by atoms with Crippen molar-refractivity contribution < 1.29 is 14.3 Å². The second-order valence-electron chi connectivity index (χ2n) is 6.03. The van der Waals surface area contributed by atoms with Crippen LogP contribution in [0.3, 0.4) is 0 Å². The normalized spacial score (nSPS) is 10.7. The van der Waals surface area contributed by atoms with Gasteiger partial charge in [-0.3, -0.25) is 4.79 Å². The Morgan fingerprint density at radius 3 is 2.41 bits per heavy atom. The van der Waals surface area contributed by atoms with Crippen LogP contribution in [0.1, 0.15) is 16.1 Å². The number of para-hydroxylation sites is 2. The highest BCUT2D eigenvalue weighted by atomic mass is 35.5. The van der Waals surface area contributed by atoms with Crippen molar-refractivity contribution >= 4 is 28.8 Å².